The summed E-state index contributed by atoms with van der Waals surface area (Å²) in [4.78, 5) is 15.2. The van der Waals surface area contributed by atoms with Gasteiger partial charge in [-0.2, -0.15) is 0 Å². The van der Waals surface area contributed by atoms with Crippen molar-refractivity contribution in [3.05, 3.63) is 52.5 Å². The Balaban J connectivity index is 1.30. The van der Waals surface area contributed by atoms with Crippen LogP contribution in [0.1, 0.15) is 18.9 Å². The molecule has 1 saturated heterocycles. The van der Waals surface area contributed by atoms with Crippen molar-refractivity contribution in [2.75, 3.05) is 23.7 Å². The minimum atomic E-state index is -0.897. The molecule has 0 amide bonds. The highest BCUT2D eigenvalue weighted by atomic mass is 79.9. The van der Waals surface area contributed by atoms with Gasteiger partial charge < -0.3 is 25.4 Å². The summed E-state index contributed by atoms with van der Waals surface area (Å²) in [6.45, 7) is 1.43. The third-order valence-corrected chi connectivity index (χ3v) is 8.44. The quantitative estimate of drug-likeness (QED) is 0.340. The number of pyridine rings is 1. The Morgan fingerprint density at radius 2 is 2.03 bits per heavy atom. The standard InChI is InChI=1S/C23H22BrClN6O2/c24-15-7-12-1-2-13(8-16(12)29-20(15)25)30-6-4-23(10-30)9-17(18(32)19(23)33)31-5-3-14-21(26)27-11-28-22(14)31/h1-3,5,7-8,11,17-19,32-33H,4,6,9-10H2,(H2,26,27,28)/t17-,18+,19+,23-/m1/s1. The number of rotatable bonds is 2. The number of hydrogen-bond donors (Lipinski definition) is 3. The SMILES string of the molecule is Nc1ncnc2c1ccn2[C@@H]1C[C@@]2(CCN(c3ccc4cc(Br)c(Cl)nc4c3)C2)[C@@H](O)[C@H]1O. The molecule has 8 nitrogen and oxygen atoms in total. The molecule has 1 aliphatic carbocycles. The smallest absolute Gasteiger partial charge is 0.145 e. The molecule has 3 aromatic heterocycles. The second kappa shape index (κ2) is 7.53. The molecule has 0 radical (unpaired) electrons. The van der Waals surface area contributed by atoms with E-state index in [1.807, 2.05) is 35.0 Å². The number of halogens is 2. The van der Waals surface area contributed by atoms with Crippen molar-refractivity contribution in [3.63, 3.8) is 0 Å². The van der Waals surface area contributed by atoms with Crippen LogP contribution in [0.5, 0.6) is 0 Å². The monoisotopic (exact) mass is 528 g/mol. The number of nitrogen functional groups attached to an aromatic ring is 1. The van der Waals surface area contributed by atoms with Gasteiger partial charge in [0.25, 0.3) is 0 Å². The molecule has 4 atom stereocenters. The summed E-state index contributed by atoms with van der Waals surface area (Å²) in [5, 5.41) is 24.4. The summed E-state index contributed by atoms with van der Waals surface area (Å²) in [5.74, 6) is 0.408. The molecular formula is C23H22BrClN6O2. The first-order valence-corrected chi connectivity index (χ1v) is 12.0. The predicted molar refractivity (Wildman–Crippen MR) is 131 cm³/mol. The zero-order valence-corrected chi connectivity index (χ0v) is 19.9. The fourth-order valence-corrected chi connectivity index (χ4v) is 6.06. The fraction of sp³-hybridized carbons (Fsp3) is 0.348. The molecule has 0 bridgehead atoms. The molecule has 4 heterocycles. The summed E-state index contributed by atoms with van der Waals surface area (Å²) in [6, 6.07) is 9.66. The maximum Gasteiger partial charge on any atom is 0.145 e. The van der Waals surface area contributed by atoms with Crippen molar-refractivity contribution in [1.29, 1.82) is 0 Å². The fourth-order valence-electron chi connectivity index (χ4n) is 5.58. The maximum absolute atomic E-state index is 11.2. The molecule has 0 unspecified atom stereocenters. The second-order valence-electron chi connectivity index (χ2n) is 9.10. The Bertz CT molecular complexity index is 1400. The molecule has 6 rings (SSSR count). The minimum absolute atomic E-state index is 0.291. The van der Waals surface area contributed by atoms with Gasteiger partial charge in [0.05, 0.1) is 27.5 Å². The molecule has 4 N–H and O–H groups in total. The molecule has 2 aliphatic rings. The molecule has 1 spiro atoms. The predicted octanol–water partition coefficient (Wildman–Crippen LogP) is 3.54. The van der Waals surface area contributed by atoms with Crippen molar-refractivity contribution < 1.29 is 10.2 Å². The number of benzene rings is 1. The van der Waals surface area contributed by atoms with E-state index in [1.165, 1.54) is 6.33 Å². The molecule has 2 fully saturated rings. The van der Waals surface area contributed by atoms with E-state index in [1.54, 1.807) is 0 Å². The van der Waals surface area contributed by atoms with Gasteiger partial charge in [0.1, 0.15) is 29.0 Å². The van der Waals surface area contributed by atoms with E-state index in [0.29, 0.717) is 29.6 Å². The van der Waals surface area contributed by atoms with Gasteiger partial charge in [-0.05, 0) is 53.0 Å². The number of nitrogens with two attached hydrogens (primary N) is 1. The van der Waals surface area contributed by atoms with Gasteiger partial charge in [0.15, 0.2) is 0 Å². The first-order chi connectivity index (χ1) is 15.9. The lowest BCUT2D eigenvalue weighted by molar-refractivity contribution is -0.0204. The van der Waals surface area contributed by atoms with Crippen LogP contribution in [0.2, 0.25) is 5.15 Å². The summed E-state index contributed by atoms with van der Waals surface area (Å²) in [6.07, 6.45) is 2.99. The number of hydrogen-bond acceptors (Lipinski definition) is 7. The van der Waals surface area contributed by atoms with Crippen molar-refractivity contribution >= 4 is 61.0 Å². The lowest BCUT2D eigenvalue weighted by atomic mass is 9.83. The lowest BCUT2D eigenvalue weighted by Crippen LogP contribution is -2.38. The average Bonchev–Trinajstić information content (AvgIpc) is 3.48. The first-order valence-electron chi connectivity index (χ1n) is 10.8. The van der Waals surface area contributed by atoms with Crippen molar-refractivity contribution in [1.82, 2.24) is 19.5 Å². The molecule has 170 valence electrons. The molecular weight excluding hydrogens is 508 g/mol. The molecule has 4 aromatic rings. The topological polar surface area (TPSA) is 113 Å². The van der Waals surface area contributed by atoms with Crippen LogP contribution in [-0.2, 0) is 0 Å². The van der Waals surface area contributed by atoms with Gasteiger partial charge in [0, 0.05) is 35.8 Å². The lowest BCUT2D eigenvalue weighted by Gasteiger charge is -2.29. The summed E-state index contributed by atoms with van der Waals surface area (Å²) in [5.41, 5.74) is 8.10. The minimum Gasteiger partial charge on any atom is -0.390 e. The summed E-state index contributed by atoms with van der Waals surface area (Å²) >= 11 is 9.62. The van der Waals surface area contributed by atoms with Gasteiger partial charge in [-0.3, -0.25) is 0 Å². The molecule has 1 aliphatic heterocycles. The van der Waals surface area contributed by atoms with Crippen molar-refractivity contribution in [2.45, 2.75) is 31.1 Å². The molecule has 1 aromatic carbocycles. The highest BCUT2D eigenvalue weighted by Crippen LogP contribution is 2.51. The normalized spacial score (nSPS) is 27.4. The van der Waals surface area contributed by atoms with Gasteiger partial charge >= 0.3 is 0 Å². The van der Waals surface area contributed by atoms with Gasteiger partial charge in [0.2, 0.25) is 0 Å². The van der Waals surface area contributed by atoms with Gasteiger partial charge in [-0.25, -0.2) is 15.0 Å². The van der Waals surface area contributed by atoms with Crippen LogP contribution < -0.4 is 10.6 Å². The summed E-state index contributed by atoms with van der Waals surface area (Å²) < 4.78 is 2.70. The molecule has 10 heteroatoms. The number of nitrogens with zero attached hydrogens (tertiary/aromatic N) is 5. The highest BCUT2D eigenvalue weighted by molar-refractivity contribution is 9.10. The van der Waals surface area contributed by atoms with E-state index < -0.39 is 17.6 Å². The van der Waals surface area contributed by atoms with Crippen molar-refractivity contribution in [2.24, 2.45) is 5.41 Å². The Hall–Kier alpha value is -2.46. The third kappa shape index (κ3) is 3.21. The van der Waals surface area contributed by atoms with Crippen LogP contribution >= 0.6 is 27.5 Å². The first kappa shape index (κ1) is 21.1. The Kier molecular flexibility index (Phi) is 4.81. The van der Waals surface area contributed by atoms with E-state index in [0.717, 1.165) is 39.4 Å². The van der Waals surface area contributed by atoms with Gasteiger partial charge in [-0.15, -0.1) is 0 Å². The number of fused-ring (bicyclic) bond motifs is 2. The average molecular weight is 530 g/mol. The largest absolute Gasteiger partial charge is 0.390 e. The highest BCUT2D eigenvalue weighted by Gasteiger charge is 2.56. The molecule has 1 saturated carbocycles. The van der Waals surface area contributed by atoms with Gasteiger partial charge in [-0.1, -0.05) is 17.7 Å². The molecule has 33 heavy (non-hydrogen) atoms. The number of aliphatic hydroxyl groups is 2. The Labute approximate surface area is 203 Å². The van der Waals surface area contributed by atoms with E-state index in [-0.39, 0.29) is 6.04 Å². The third-order valence-electron chi connectivity index (χ3n) is 7.32. The zero-order valence-electron chi connectivity index (χ0n) is 17.6. The second-order valence-corrected chi connectivity index (χ2v) is 10.3. The Morgan fingerprint density at radius 3 is 2.88 bits per heavy atom. The van der Waals surface area contributed by atoms with Crippen LogP contribution in [0.4, 0.5) is 11.5 Å². The number of aromatic nitrogens is 4. The van der Waals surface area contributed by atoms with E-state index in [4.69, 9.17) is 17.3 Å². The summed E-state index contributed by atoms with van der Waals surface area (Å²) in [7, 11) is 0. The van der Waals surface area contributed by atoms with Crippen molar-refractivity contribution in [3.8, 4) is 0 Å². The van der Waals surface area contributed by atoms with Crippen LogP contribution in [0, 0.1) is 5.41 Å². The zero-order chi connectivity index (χ0) is 22.9. The van der Waals surface area contributed by atoms with E-state index in [2.05, 4.69) is 41.8 Å². The van der Waals surface area contributed by atoms with Crippen LogP contribution in [0.25, 0.3) is 21.9 Å². The van der Waals surface area contributed by atoms with Crippen LogP contribution in [0.3, 0.4) is 0 Å². The number of anilines is 2. The number of aliphatic hydroxyl groups excluding tert-OH is 2. The maximum atomic E-state index is 11.2. The van der Waals surface area contributed by atoms with Crippen LogP contribution in [0.15, 0.2) is 47.3 Å². The van der Waals surface area contributed by atoms with Crippen LogP contribution in [-0.4, -0.2) is 55.0 Å². The van der Waals surface area contributed by atoms with E-state index >= 15 is 0 Å². The Morgan fingerprint density at radius 1 is 1.18 bits per heavy atom. The van der Waals surface area contributed by atoms with E-state index in [9.17, 15) is 10.2 Å².